The maximum absolute atomic E-state index is 13.3. The van der Waals surface area contributed by atoms with Crippen LogP contribution in [0.5, 0.6) is 0 Å². The maximum Gasteiger partial charge on any atom is 0.407 e. The number of carboxylic acid groups (broad SMARTS) is 1. The zero-order chi connectivity index (χ0) is 24.4. The highest BCUT2D eigenvalue weighted by Gasteiger charge is 2.32. The van der Waals surface area contributed by atoms with Crippen molar-refractivity contribution in [3.63, 3.8) is 0 Å². The van der Waals surface area contributed by atoms with Gasteiger partial charge in [-0.2, -0.15) is 0 Å². The van der Waals surface area contributed by atoms with Gasteiger partial charge in [0.15, 0.2) is 0 Å². The van der Waals surface area contributed by atoms with Crippen molar-refractivity contribution in [1.82, 2.24) is 9.88 Å². The Morgan fingerprint density at radius 1 is 1.15 bits per heavy atom. The quantitative estimate of drug-likeness (QED) is 0.538. The van der Waals surface area contributed by atoms with E-state index in [9.17, 15) is 14.0 Å². The fraction of sp³-hybridized carbons (Fsp3) is 0.269. The van der Waals surface area contributed by atoms with Crippen LogP contribution in [0.1, 0.15) is 37.4 Å². The molecule has 2 amide bonds. The van der Waals surface area contributed by atoms with Gasteiger partial charge in [0.1, 0.15) is 11.6 Å². The monoisotopic (exact) mass is 462 g/mol. The molecule has 0 bridgehead atoms. The largest absolute Gasteiger partial charge is 0.465 e. The molecule has 0 saturated carbocycles. The van der Waals surface area contributed by atoms with Crippen LogP contribution >= 0.6 is 0 Å². The van der Waals surface area contributed by atoms with Gasteiger partial charge in [0.25, 0.3) is 0 Å². The van der Waals surface area contributed by atoms with Gasteiger partial charge < -0.3 is 20.2 Å². The Morgan fingerprint density at radius 3 is 2.47 bits per heavy atom. The summed E-state index contributed by atoms with van der Waals surface area (Å²) in [6, 6.07) is 16.6. The Hall–Kier alpha value is -3.94. The minimum atomic E-state index is -0.975. The second kappa shape index (κ2) is 9.51. The van der Waals surface area contributed by atoms with E-state index in [4.69, 9.17) is 5.11 Å². The number of pyridine rings is 1. The number of carbonyl (C=O) groups is 2. The van der Waals surface area contributed by atoms with E-state index in [1.807, 2.05) is 43.3 Å². The van der Waals surface area contributed by atoms with Crippen LogP contribution in [-0.2, 0) is 11.3 Å². The molecule has 0 aliphatic carbocycles. The molecule has 1 aliphatic heterocycles. The molecule has 1 aliphatic rings. The molecule has 4 rings (SSSR count). The summed E-state index contributed by atoms with van der Waals surface area (Å²) < 4.78 is 13.3. The predicted octanol–water partition coefficient (Wildman–Crippen LogP) is 5.30. The van der Waals surface area contributed by atoms with Crippen LogP contribution in [0, 0.1) is 5.82 Å². The van der Waals surface area contributed by atoms with Gasteiger partial charge in [0, 0.05) is 32.2 Å². The van der Waals surface area contributed by atoms with Crippen molar-refractivity contribution in [2.45, 2.75) is 38.9 Å². The molecule has 0 spiro atoms. The lowest BCUT2D eigenvalue weighted by molar-refractivity contribution is -0.117. The maximum atomic E-state index is 13.3. The van der Waals surface area contributed by atoms with Crippen molar-refractivity contribution in [3.8, 4) is 11.1 Å². The summed E-state index contributed by atoms with van der Waals surface area (Å²) in [5.41, 5.74) is 4.66. The van der Waals surface area contributed by atoms with E-state index >= 15 is 0 Å². The number of rotatable bonds is 5. The molecule has 8 heteroatoms. The standard InChI is InChI=1S/C26H27FN4O3/c1-16-12-23(29-25-11-9-21(27)14-28-25)22-13-20(8-10-24(22)31(16)17(2)32)19-6-4-18(5-7-19)15-30(3)26(33)34/h4-11,13-14,16,23H,12,15H2,1-3H3,(H,28,29)(H,33,34)/t16-,23+/m0/s1. The van der Waals surface area contributed by atoms with Crippen molar-refractivity contribution in [1.29, 1.82) is 0 Å². The summed E-state index contributed by atoms with van der Waals surface area (Å²) in [7, 11) is 1.53. The number of nitrogens with zero attached hydrogens (tertiary/aromatic N) is 3. The highest BCUT2D eigenvalue weighted by Crippen LogP contribution is 2.41. The number of hydrogen-bond donors (Lipinski definition) is 2. The third kappa shape index (κ3) is 4.85. The summed E-state index contributed by atoms with van der Waals surface area (Å²) in [6.45, 7) is 3.89. The van der Waals surface area contributed by atoms with Gasteiger partial charge in [-0.15, -0.1) is 0 Å². The molecule has 7 nitrogen and oxygen atoms in total. The van der Waals surface area contributed by atoms with Gasteiger partial charge in [-0.3, -0.25) is 4.79 Å². The van der Waals surface area contributed by atoms with E-state index in [-0.39, 0.29) is 18.0 Å². The van der Waals surface area contributed by atoms with E-state index in [0.717, 1.165) is 27.9 Å². The summed E-state index contributed by atoms with van der Waals surface area (Å²) in [6.07, 6.45) is 0.879. The van der Waals surface area contributed by atoms with Crippen molar-refractivity contribution >= 4 is 23.5 Å². The lowest BCUT2D eigenvalue weighted by Gasteiger charge is -2.39. The molecule has 2 aromatic carbocycles. The van der Waals surface area contributed by atoms with E-state index in [1.54, 1.807) is 17.9 Å². The number of carbonyl (C=O) groups excluding carboxylic acids is 1. The topological polar surface area (TPSA) is 85.8 Å². The molecule has 0 fully saturated rings. The average molecular weight is 463 g/mol. The minimum Gasteiger partial charge on any atom is -0.465 e. The smallest absolute Gasteiger partial charge is 0.407 e. The van der Waals surface area contributed by atoms with Gasteiger partial charge in [-0.05, 0) is 59.9 Å². The number of halogens is 1. The summed E-state index contributed by atoms with van der Waals surface area (Å²) in [5, 5.41) is 12.5. The van der Waals surface area contributed by atoms with Crippen molar-refractivity contribution in [2.24, 2.45) is 0 Å². The van der Waals surface area contributed by atoms with Crippen molar-refractivity contribution < 1.29 is 19.1 Å². The van der Waals surface area contributed by atoms with Gasteiger partial charge in [0.05, 0.1) is 12.2 Å². The van der Waals surface area contributed by atoms with Crippen LogP contribution in [-0.4, -0.2) is 40.1 Å². The first-order valence-corrected chi connectivity index (χ1v) is 11.1. The van der Waals surface area contributed by atoms with Crippen LogP contribution in [0.4, 0.5) is 20.7 Å². The summed E-state index contributed by atoms with van der Waals surface area (Å²) >= 11 is 0. The molecule has 1 aromatic heterocycles. The summed E-state index contributed by atoms with van der Waals surface area (Å²) in [4.78, 5) is 30.7. The Morgan fingerprint density at radius 2 is 1.85 bits per heavy atom. The first-order chi connectivity index (χ1) is 16.2. The fourth-order valence-electron chi connectivity index (χ4n) is 4.44. The van der Waals surface area contributed by atoms with Gasteiger partial charge in [0.2, 0.25) is 5.91 Å². The third-order valence-electron chi connectivity index (χ3n) is 6.10. The van der Waals surface area contributed by atoms with Crippen LogP contribution in [0.3, 0.4) is 0 Å². The van der Waals surface area contributed by atoms with E-state index in [1.165, 1.54) is 24.2 Å². The zero-order valence-corrected chi connectivity index (χ0v) is 19.3. The molecule has 3 aromatic rings. The number of nitrogens with one attached hydrogen (secondary N) is 1. The SMILES string of the molecule is CC(=O)N1c2ccc(-c3ccc(CN(C)C(=O)O)cc3)cc2[C@H](Nc2ccc(F)cn2)C[C@@H]1C. The molecule has 2 N–H and O–H groups in total. The number of anilines is 2. The first kappa shape index (κ1) is 23.2. The molecular formula is C26H27FN4O3. The fourth-order valence-corrected chi connectivity index (χ4v) is 4.44. The van der Waals surface area contributed by atoms with Crippen LogP contribution < -0.4 is 10.2 Å². The number of hydrogen-bond acceptors (Lipinski definition) is 4. The Bertz CT molecular complexity index is 1200. The lowest BCUT2D eigenvalue weighted by Crippen LogP contribution is -2.43. The Labute approximate surface area is 197 Å². The summed E-state index contributed by atoms with van der Waals surface area (Å²) in [5.74, 6) is 0.149. The highest BCUT2D eigenvalue weighted by atomic mass is 19.1. The molecule has 2 heterocycles. The molecule has 0 radical (unpaired) electrons. The minimum absolute atomic E-state index is 0.0145. The number of fused-ring (bicyclic) bond motifs is 1. The molecule has 0 saturated heterocycles. The van der Waals surface area contributed by atoms with Gasteiger partial charge >= 0.3 is 6.09 Å². The second-order valence-electron chi connectivity index (χ2n) is 8.64. The number of aromatic nitrogens is 1. The lowest BCUT2D eigenvalue weighted by atomic mass is 9.89. The van der Waals surface area contributed by atoms with E-state index in [0.29, 0.717) is 18.8 Å². The van der Waals surface area contributed by atoms with Crippen LogP contribution in [0.15, 0.2) is 60.8 Å². The first-order valence-electron chi connectivity index (χ1n) is 11.1. The molecular weight excluding hydrogens is 435 g/mol. The van der Waals surface area contributed by atoms with Crippen molar-refractivity contribution in [3.05, 3.63) is 77.7 Å². The van der Waals surface area contributed by atoms with E-state index < -0.39 is 11.9 Å². The highest BCUT2D eigenvalue weighted by molar-refractivity contribution is 5.94. The van der Waals surface area contributed by atoms with Crippen molar-refractivity contribution in [2.75, 3.05) is 17.3 Å². The van der Waals surface area contributed by atoms with Gasteiger partial charge in [-0.1, -0.05) is 30.3 Å². The molecule has 176 valence electrons. The second-order valence-corrected chi connectivity index (χ2v) is 8.64. The van der Waals surface area contributed by atoms with Crippen LogP contribution in [0.25, 0.3) is 11.1 Å². The Kier molecular flexibility index (Phi) is 6.49. The van der Waals surface area contributed by atoms with Gasteiger partial charge in [-0.25, -0.2) is 14.2 Å². The third-order valence-corrected chi connectivity index (χ3v) is 6.10. The molecule has 2 atom stereocenters. The predicted molar refractivity (Wildman–Crippen MR) is 129 cm³/mol. The Balaban J connectivity index is 1.67. The molecule has 0 unspecified atom stereocenters. The zero-order valence-electron chi connectivity index (χ0n) is 19.3. The average Bonchev–Trinajstić information content (AvgIpc) is 2.80. The number of benzene rings is 2. The van der Waals surface area contributed by atoms with E-state index in [2.05, 4.69) is 16.4 Å². The molecule has 34 heavy (non-hydrogen) atoms. The van der Waals surface area contributed by atoms with Crippen LogP contribution in [0.2, 0.25) is 0 Å². The normalized spacial score (nSPS) is 17.1. The number of amides is 2.